The van der Waals surface area contributed by atoms with Gasteiger partial charge in [-0.3, -0.25) is 14.5 Å². The first-order valence-corrected chi connectivity index (χ1v) is 12.0. The highest BCUT2D eigenvalue weighted by Gasteiger charge is 2.45. The van der Waals surface area contributed by atoms with Crippen molar-refractivity contribution in [2.75, 3.05) is 18.6 Å². The van der Waals surface area contributed by atoms with Crippen LogP contribution in [0.2, 0.25) is 5.02 Å². The van der Waals surface area contributed by atoms with Crippen LogP contribution in [0.3, 0.4) is 0 Å². The lowest BCUT2D eigenvalue weighted by molar-refractivity contribution is 0.0554. The van der Waals surface area contributed by atoms with Gasteiger partial charge in [0.25, 0.3) is 5.91 Å². The number of hydrogen-bond donors (Lipinski definition) is 0. The van der Waals surface area contributed by atoms with Crippen molar-refractivity contribution in [3.8, 4) is 5.75 Å². The Hall–Kier alpha value is -3.95. The Morgan fingerprint density at radius 3 is 2.69 bits per heavy atom. The number of carbonyl (C=O) groups is 2. The summed E-state index contributed by atoms with van der Waals surface area (Å²) >= 11 is 7.14. The van der Waals surface area contributed by atoms with Crippen molar-refractivity contribution in [1.29, 1.82) is 0 Å². The van der Waals surface area contributed by atoms with Crippen molar-refractivity contribution in [1.82, 2.24) is 4.98 Å². The molecule has 1 atom stereocenters. The molecule has 0 aliphatic carbocycles. The molecule has 0 saturated heterocycles. The monoisotopic (exact) mass is 522 g/mol. The number of nitrogens with zero attached hydrogens (tertiary/aromatic N) is 2. The molecule has 0 bridgehead atoms. The minimum Gasteiger partial charge on any atom is -0.497 e. The first-order chi connectivity index (χ1) is 17.3. The van der Waals surface area contributed by atoms with Gasteiger partial charge in [-0.15, -0.1) is 0 Å². The maximum absolute atomic E-state index is 13.7. The van der Waals surface area contributed by atoms with E-state index >= 15 is 0 Å². The number of amides is 1. The lowest BCUT2D eigenvalue weighted by Gasteiger charge is -2.22. The zero-order valence-corrected chi connectivity index (χ0v) is 20.8. The molecule has 2 aromatic carbocycles. The molecule has 1 amide bonds. The van der Waals surface area contributed by atoms with Crippen LogP contribution in [0.5, 0.6) is 5.75 Å². The van der Waals surface area contributed by atoms with Gasteiger partial charge in [0, 0.05) is 5.02 Å². The van der Waals surface area contributed by atoms with Crippen molar-refractivity contribution in [3.05, 3.63) is 97.8 Å². The molecule has 1 aliphatic heterocycles. The van der Waals surface area contributed by atoms with E-state index in [2.05, 4.69) is 11.6 Å². The van der Waals surface area contributed by atoms with Crippen LogP contribution in [0, 0.1) is 6.92 Å². The molecule has 3 heterocycles. The number of anilines is 1. The summed E-state index contributed by atoms with van der Waals surface area (Å²) < 4.78 is 16.4. The molecule has 36 heavy (non-hydrogen) atoms. The number of esters is 1. The molecule has 2 aromatic heterocycles. The maximum Gasteiger partial charge on any atom is 0.350 e. The molecule has 10 heteroatoms. The zero-order chi connectivity index (χ0) is 25.6. The Morgan fingerprint density at radius 1 is 1.25 bits per heavy atom. The van der Waals surface area contributed by atoms with Crippen molar-refractivity contribution in [2.45, 2.75) is 13.0 Å². The van der Waals surface area contributed by atoms with Gasteiger partial charge in [0.1, 0.15) is 22.8 Å². The van der Waals surface area contributed by atoms with E-state index in [-0.39, 0.29) is 44.3 Å². The molecular formula is C26H19ClN2O6S. The van der Waals surface area contributed by atoms with E-state index in [1.54, 1.807) is 50.4 Å². The first-order valence-electron chi connectivity index (χ1n) is 10.8. The van der Waals surface area contributed by atoms with Gasteiger partial charge in [0.15, 0.2) is 10.6 Å². The second-order valence-electron chi connectivity index (χ2n) is 7.96. The molecule has 0 radical (unpaired) electrons. The van der Waals surface area contributed by atoms with Gasteiger partial charge in [-0.2, -0.15) is 0 Å². The highest BCUT2D eigenvalue weighted by atomic mass is 35.5. The number of aryl methyl sites for hydroxylation is 1. The molecule has 0 fully saturated rings. The third kappa shape index (κ3) is 3.86. The average molecular weight is 523 g/mol. The number of benzene rings is 2. The van der Waals surface area contributed by atoms with Gasteiger partial charge >= 0.3 is 5.97 Å². The van der Waals surface area contributed by atoms with Crippen molar-refractivity contribution in [2.24, 2.45) is 0 Å². The molecule has 0 spiro atoms. The molecule has 4 aromatic rings. The van der Waals surface area contributed by atoms with E-state index in [4.69, 9.17) is 25.5 Å². The van der Waals surface area contributed by atoms with Crippen LogP contribution in [-0.2, 0) is 4.74 Å². The minimum absolute atomic E-state index is 0.0433. The maximum atomic E-state index is 13.7. The summed E-state index contributed by atoms with van der Waals surface area (Å²) in [5.41, 5.74) is 1.08. The molecule has 1 aliphatic rings. The van der Waals surface area contributed by atoms with Crippen LogP contribution in [0.15, 0.2) is 64.3 Å². The third-order valence-electron chi connectivity index (χ3n) is 5.77. The summed E-state index contributed by atoms with van der Waals surface area (Å²) in [6.07, 6.45) is 1.46. The van der Waals surface area contributed by atoms with Gasteiger partial charge < -0.3 is 13.9 Å². The second kappa shape index (κ2) is 9.25. The summed E-state index contributed by atoms with van der Waals surface area (Å²) in [5.74, 6) is -0.584. The van der Waals surface area contributed by atoms with E-state index < -0.39 is 17.9 Å². The lowest BCUT2D eigenvalue weighted by atomic mass is 9.98. The van der Waals surface area contributed by atoms with Crippen LogP contribution in [0.1, 0.15) is 43.1 Å². The van der Waals surface area contributed by atoms with E-state index in [1.807, 2.05) is 0 Å². The van der Waals surface area contributed by atoms with Crippen LogP contribution in [-0.4, -0.2) is 30.6 Å². The normalized spacial score (nSPS) is 14.7. The Labute approximate surface area is 214 Å². The standard InChI is InChI=1S/C26H19ClN2O6S/c1-4-11-34-25(32)23-13(2)28-26(36-23)29-20(14-5-8-16(33-3)9-6-14)19-21(30)17-12-15(27)7-10-18(17)35-22(19)24(29)31/h4-10,12,20H,1,11H2,2-3H3. The zero-order valence-electron chi connectivity index (χ0n) is 19.2. The largest absolute Gasteiger partial charge is 0.497 e. The Balaban J connectivity index is 1.71. The smallest absolute Gasteiger partial charge is 0.350 e. The Morgan fingerprint density at radius 2 is 2.00 bits per heavy atom. The predicted octanol–water partition coefficient (Wildman–Crippen LogP) is 5.31. The van der Waals surface area contributed by atoms with Crippen LogP contribution in [0.4, 0.5) is 5.13 Å². The number of carbonyl (C=O) groups excluding carboxylic acids is 2. The Bertz CT molecular complexity index is 1590. The van der Waals surface area contributed by atoms with Crippen LogP contribution in [0.25, 0.3) is 11.0 Å². The average Bonchev–Trinajstić information content (AvgIpc) is 3.40. The SMILES string of the molecule is C=CCOC(=O)c1sc(N2C(=O)c3oc4ccc(Cl)cc4c(=O)c3C2c2ccc(OC)cc2)nc1C. The second-order valence-corrected chi connectivity index (χ2v) is 9.38. The van der Waals surface area contributed by atoms with Crippen LogP contribution >= 0.6 is 22.9 Å². The minimum atomic E-state index is -0.847. The van der Waals surface area contributed by atoms with Gasteiger partial charge in [-0.1, -0.05) is 47.7 Å². The molecule has 8 nitrogen and oxygen atoms in total. The van der Waals surface area contributed by atoms with Gasteiger partial charge in [-0.05, 0) is 42.8 Å². The third-order valence-corrected chi connectivity index (χ3v) is 7.14. The molecule has 0 N–H and O–H groups in total. The summed E-state index contributed by atoms with van der Waals surface area (Å²) in [7, 11) is 1.55. The number of halogens is 1. The Kier molecular flexibility index (Phi) is 6.11. The van der Waals surface area contributed by atoms with E-state index in [0.717, 1.165) is 11.3 Å². The number of methoxy groups -OCH3 is 1. The van der Waals surface area contributed by atoms with Crippen LogP contribution < -0.4 is 15.1 Å². The molecule has 182 valence electrons. The van der Waals surface area contributed by atoms with Gasteiger partial charge in [-0.25, -0.2) is 9.78 Å². The molecule has 5 rings (SSSR count). The van der Waals surface area contributed by atoms with E-state index in [0.29, 0.717) is 22.0 Å². The molecule has 0 saturated carbocycles. The predicted molar refractivity (Wildman–Crippen MR) is 136 cm³/mol. The van der Waals surface area contributed by atoms with Gasteiger partial charge in [0.2, 0.25) is 5.76 Å². The lowest BCUT2D eigenvalue weighted by Crippen LogP contribution is -2.29. The van der Waals surface area contributed by atoms with Gasteiger partial charge in [0.05, 0.1) is 29.8 Å². The number of rotatable bonds is 6. The van der Waals surface area contributed by atoms with Crippen molar-refractivity contribution in [3.63, 3.8) is 0 Å². The summed E-state index contributed by atoms with van der Waals surface area (Å²) in [6.45, 7) is 5.24. The summed E-state index contributed by atoms with van der Waals surface area (Å²) in [6, 6.07) is 10.8. The van der Waals surface area contributed by atoms with E-state index in [9.17, 15) is 14.4 Å². The number of hydrogen-bond acceptors (Lipinski definition) is 8. The number of fused-ring (bicyclic) bond motifs is 2. The highest BCUT2D eigenvalue weighted by Crippen LogP contribution is 2.43. The number of thiazole rings is 1. The quantitative estimate of drug-likeness (QED) is 0.250. The fourth-order valence-electron chi connectivity index (χ4n) is 4.12. The fraction of sp³-hybridized carbons (Fsp3) is 0.154. The van der Waals surface area contributed by atoms with E-state index in [1.165, 1.54) is 17.0 Å². The van der Waals surface area contributed by atoms with Crippen molar-refractivity contribution >= 4 is 50.9 Å². The molecular weight excluding hydrogens is 504 g/mol. The summed E-state index contributed by atoms with van der Waals surface area (Å²) in [5, 5.41) is 0.866. The number of aromatic nitrogens is 1. The number of ether oxygens (including phenoxy) is 2. The highest BCUT2D eigenvalue weighted by molar-refractivity contribution is 7.17. The first kappa shape index (κ1) is 23.8. The van der Waals surface area contributed by atoms with Crippen molar-refractivity contribution < 1.29 is 23.5 Å². The topological polar surface area (TPSA) is 98.9 Å². The fourth-order valence-corrected chi connectivity index (χ4v) is 5.28. The summed E-state index contributed by atoms with van der Waals surface area (Å²) in [4.78, 5) is 46.0. The molecule has 1 unspecified atom stereocenters.